The molecule has 0 fully saturated rings. The molecule has 0 bridgehead atoms. The smallest absolute Gasteiger partial charge is 0.256 e. The van der Waals surface area contributed by atoms with E-state index in [0.29, 0.717) is 13.1 Å². The van der Waals surface area contributed by atoms with Crippen molar-refractivity contribution in [2.24, 2.45) is 0 Å². The van der Waals surface area contributed by atoms with Crippen LogP contribution in [0.5, 0.6) is 0 Å². The Balaban J connectivity index is 2.23. The Morgan fingerprint density at radius 1 is 1.37 bits per heavy atom. The number of nitrogen functional groups attached to an aromatic ring is 1. The van der Waals surface area contributed by atoms with Gasteiger partial charge in [-0.3, -0.25) is 4.79 Å². The first-order chi connectivity index (χ1) is 9.13. The average Bonchev–Trinajstić information content (AvgIpc) is 2.91. The molecule has 100 valence electrons. The van der Waals surface area contributed by atoms with E-state index in [-0.39, 0.29) is 17.2 Å². The molecule has 1 aromatic heterocycles. The Labute approximate surface area is 115 Å². The van der Waals surface area contributed by atoms with Crippen LogP contribution in [-0.4, -0.2) is 17.4 Å². The Morgan fingerprint density at radius 2 is 2.16 bits per heavy atom. The second kappa shape index (κ2) is 5.84. The van der Waals surface area contributed by atoms with E-state index in [1.807, 2.05) is 24.4 Å². The normalized spacial score (nSPS) is 10.4. The maximum atomic E-state index is 13.4. The van der Waals surface area contributed by atoms with Gasteiger partial charge in [0.1, 0.15) is 5.82 Å². The number of carbonyl (C=O) groups excluding carboxylic acids is 1. The molecule has 2 N–H and O–H groups in total. The molecule has 2 aromatic rings. The molecule has 0 radical (unpaired) electrons. The van der Waals surface area contributed by atoms with Crippen LogP contribution in [0.3, 0.4) is 0 Å². The quantitative estimate of drug-likeness (QED) is 0.873. The summed E-state index contributed by atoms with van der Waals surface area (Å²) in [5.74, 6) is -0.800. The summed E-state index contributed by atoms with van der Waals surface area (Å²) < 4.78 is 13.4. The molecule has 5 heteroatoms. The van der Waals surface area contributed by atoms with E-state index in [9.17, 15) is 9.18 Å². The molecule has 19 heavy (non-hydrogen) atoms. The summed E-state index contributed by atoms with van der Waals surface area (Å²) in [4.78, 5) is 15.1. The zero-order valence-electron chi connectivity index (χ0n) is 10.6. The van der Waals surface area contributed by atoms with Crippen LogP contribution in [0.25, 0.3) is 0 Å². The standard InChI is InChI=1S/C14H15FN2OS/c1-2-17(9-10-5-4-8-19-10)14(18)11-6-3-7-12(15)13(11)16/h3-8H,2,9,16H2,1H3. The lowest BCUT2D eigenvalue weighted by Crippen LogP contribution is -2.30. The predicted molar refractivity (Wildman–Crippen MR) is 75.5 cm³/mol. The number of nitrogens with two attached hydrogens (primary N) is 1. The monoisotopic (exact) mass is 278 g/mol. The van der Waals surface area contributed by atoms with E-state index < -0.39 is 5.82 Å². The molecule has 1 aromatic carbocycles. The number of halogens is 1. The molecule has 3 nitrogen and oxygen atoms in total. The molecule has 2 rings (SSSR count). The molecule has 1 heterocycles. The third kappa shape index (κ3) is 2.93. The Bertz CT molecular complexity index is 569. The lowest BCUT2D eigenvalue weighted by Gasteiger charge is -2.21. The molecule has 0 aliphatic carbocycles. The molecular weight excluding hydrogens is 263 g/mol. The maximum absolute atomic E-state index is 13.4. The Kier molecular flexibility index (Phi) is 4.16. The van der Waals surface area contributed by atoms with Crippen LogP contribution in [0.2, 0.25) is 0 Å². The van der Waals surface area contributed by atoms with Gasteiger partial charge in [-0.1, -0.05) is 12.1 Å². The van der Waals surface area contributed by atoms with Crippen molar-refractivity contribution in [3.8, 4) is 0 Å². The number of benzene rings is 1. The lowest BCUT2D eigenvalue weighted by atomic mass is 10.1. The molecule has 0 aliphatic heterocycles. The number of anilines is 1. The molecule has 0 saturated heterocycles. The van der Waals surface area contributed by atoms with E-state index in [4.69, 9.17) is 5.73 Å². The molecule has 0 aliphatic rings. The van der Waals surface area contributed by atoms with Crippen molar-refractivity contribution in [3.63, 3.8) is 0 Å². The third-order valence-corrected chi connectivity index (χ3v) is 3.74. The van der Waals surface area contributed by atoms with Gasteiger partial charge in [-0.15, -0.1) is 11.3 Å². The van der Waals surface area contributed by atoms with Crippen molar-refractivity contribution in [1.82, 2.24) is 4.90 Å². The first kappa shape index (κ1) is 13.5. The van der Waals surface area contributed by atoms with E-state index in [2.05, 4.69) is 0 Å². The van der Waals surface area contributed by atoms with Crippen LogP contribution in [0.15, 0.2) is 35.7 Å². The van der Waals surface area contributed by atoms with Gasteiger partial charge in [-0.25, -0.2) is 4.39 Å². The zero-order chi connectivity index (χ0) is 13.8. The maximum Gasteiger partial charge on any atom is 0.256 e. The fourth-order valence-electron chi connectivity index (χ4n) is 1.81. The summed E-state index contributed by atoms with van der Waals surface area (Å²) in [5, 5.41) is 1.96. The number of hydrogen-bond acceptors (Lipinski definition) is 3. The average molecular weight is 278 g/mol. The largest absolute Gasteiger partial charge is 0.396 e. The number of thiophene rings is 1. The molecule has 0 saturated carbocycles. The highest BCUT2D eigenvalue weighted by atomic mass is 32.1. The van der Waals surface area contributed by atoms with Gasteiger partial charge in [0, 0.05) is 11.4 Å². The van der Waals surface area contributed by atoms with E-state index in [0.717, 1.165) is 4.88 Å². The summed E-state index contributed by atoms with van der Waals surface area (Å²) >= 11 is 1.59. The van der Waals surface area contributed by atoms with Crippen molar-refractivity contribution in [2.45, 2.75) is 13.5 Å². The molecule has 0 atom stereocenters. The predicted octanol–water partition coefficient (Wildman–Crippen LogP) is 3.13. The number of hydrogen-bond donors (Lipinski definition) is 1. The van der Waals surface area contributed by atoms with Crippen molar-refractivity contribution in [1.29, 1.82) is 0 Å². The Morgan fingerprint density at radius 3 is 2.79 bits per heavy atom. The minimum atomic E-state index is -0.557. The van der Waals surface area contributed by atoms with Crippen LogP contribution in [0, 0.1) is 5.82 Å². The van der Waals surface area contributed by atoms with Gasteiger partial charge in [-0.05, 0) is 30.5 Å². The molecule has 1 amide bonds. The lowest BCUT2D eigenvalue weighted by molar-refractivity contribution is 0.0755. The Hall–Kier alpha value is -1.88. The number of nitrogens with zero attached hydrogens (tertiary/aromatic N) is 1. The van der Waals surface area contributed by atoms with Crippen LogP contribution >= 0.6 is 11.3 Å². The van der Waals surface area contributed by atoms with Gasteiger partial charge in [0.2, 0.25) is 0 Å². The number of rotatable bonds is 4. The first-order valence-corrected chi connectivity index (χ1v) is 6.87. The van der Waals surface area contributed by atoms with Gasteiger partial charge < -0.3 is 10.6 Å². The second-order valence-corrected chi connectivity index (χ2v) is 5.13. The fraction of sp³-hybridized carbons (Fsp3) is 0.214. The minimum absolute atomic E-state index is 0.0860. The summed E-state index contributed by atoms with van der Waals surface area (Å²) in [7, 11) is 0. The summed E-state index contributed by atoms with van der Waals surface area (Å²) in [6, 6.07) is 8.21. The first-order valence-electron chi connectivity index (χ1n) is 5.99. The van der Waals surface area contributed by atoms with Gasteiger partial charge in [0.15, 0.2) is 0 Å². The third-order valence-electron chi connectivity index (χ3n) is 2.88. The van der Waals surface area contributed by atoms with E-state index in [1.165, 1.54) is 12.1 Å². The molecule has 0 spiro atoms. The highest BCUT2D eigenvalue weighted by Crippen LogP contribution is 2.20. The fourth-order valence-corrected chi connectivity index (χ4v) is 2.53. The SMILES string of the molecule is CCN(Cc1cccs1)C(=O)c1cccc(F)c1N. The highest BCUT2D eigenvalue weighted by molar-refractivity contribution is 7.09. The highest BCUT2D eigenvalue weighted by Gasteiger charge is 2.18. The van der Waals surface area contributed by atoms with Crippen molar-refractivity contribution >= 4 is 22.9 Å². The van der Waals surface area contributed by atoms with Crippen LogP contribution < -0.4 is 5.73 Å². The van der Waals surface area contributed by atoms with Crippen molar-refractivity contribution in [3.05, 3.63) is 52.0 Å². The van der Waals surface area contributed by atoms with Gasteiger partial charge in [0.05, 0.1) is 17.8 Å². The van der Waals surface area contributed by atoms with Crippen molar-refractivity contribution in [2.75, 3.05) is 12.3 Å². The van der Waals surface area contributed by atoms with Gasteiger partial charge in [0.25, 0.3) is 5.91 Å². The summed E-state index contributed by atoms with van der Waals surface area (Å²) in [6.45, 7) is 2.95. The van der Waals surface area contributed by atoms with Crippen LogP contribution in [0.4, 0.5) is 10.1 Å². The topological polar surface area (TPSA) is 46.3 Å². The second-order valence-electron chi connectivity index (χ2n) is 4.10. The summed E-state index contributed by atoms with van der Waals surface area (Å²) in [6.07, 6.45) is 0. The number of para-hydroxylation sites is 1. The van der Waals surface area contributed by atoms with Crippen molar-refractivity contribution < 1.29 is 9.18 Å². The number of amides is 1. The van der Waals surface area contributed by atoms with Crippen LogP contribution in [0.1, 0.15) is 22.2 Å². The summed E-state index contributed by atoms with van der Waals surface area (Å²) in [5.41, 5.74) is 5.76. The van der Waals surface area contributed by atoms with Crippen LogP contribution in [-0.2, 0) is 6.54 Å². The van der Waals surface area contributed by atoms with Gasteiger partial charge >= 0.3 is 0 Å². The zero-order valence-corrected chi connectivity index (χ0v) is 11.4. The molecule has 0 unspecified atom stereocenters. The molecular formula is C14H15FN2OS. The number of carbonyl (C=O) groups is 1. The minimum Gasteiger partial charge on any atom is -0.396 e. The van der Waals surface area contributed by atoms with Gasteiger partial charge in [-0.2, -0.15) is 0 Å². The van der Waals surface area contributed by atoms with E-state index in [1.54, 1.807) is 22.3 Å². The van der Waals surface area contributed by atoms with E-state index >= 15 is 0 Å².